The molecule has 104 valence electrons. The van der Waals surface area contributed by atoms with Crippen molar-refractivity contribution in [1.82, 2.24) is 14.9 Å². The summed E-state index contributed by atoms with van der Waals surface area (Å²) < 4.78 is 9.84. The molecule has 4 nitrogen and oxygen atoms in total. The third kappa shape index (κ3) is 4.63. The van der Waals surface area contributed by atoms with Crippen LogP contribution in [0.5, 0.6) is 0 Å². The van der Waals surface area contributed by atoms with Gasteiger partial charge in [-0.05, 0) is 44.3 Å². The Morgan fingerprint density at radius 2 is 2.00 bits per heavy atom. The zero-order valence-corrected chi connectivity index (χ0v) is 12.9. The summed E-state index contributed by atoms with van der Waals surface area (Å²) in [5.41, 5.74) is 1.10. The van der Waals surface area contributed by atoms with Crippen molar-refractivity contribution in [3.63, 3.8) is 0 Å². The van der Waals surface area contributed by atoms with Gasteiger partial charge in [-0.1, -0.05) is 25.3 Å². The maximum atomic E-state index is 5.75. The maximum absolute atomic E-state index is 5.75. The lowest BCUT2D eigenvalue weighted by Crippen LogP contribution is -2.27. The third-order valence-corrected chi connectivity index (χ3v) is 3.49. The van der Waals surface area contributed by atoms with E-state index in [0.29, 0.717) is 12.5 Å². The van der Waals surface area contributed by atoms with Crippen LogP contribution in [0.15, 0.2) is 0 Å². The van der Waals surface area contributed by atoms with Crippen LogP contribution in [-0.2, 0) is 4.74 Å². The highest BCUT2D eigenvalue weighted by molar-refractivity contribution is 7.05. The molecule has 0 fully saturated rings. The molecule has 5 heteroatoms. The Balaban J connectivity index is 2.76. The Morgan fingerprint density at radius 1 is 1.28 bits per heavy atom. The molecule has 0 saturated heterocycles. The van der Waals surface area contributed by atoms with Crippen LogP contribution >= 0.6 is 11.5 Å². The molecule has 1 heterocycles. The number of hydrogen-bond donors (Lipinski definition) is 1. The van der Waals surface area contributed by atoms with Crippen molar-refractivity contribution in [2.24, 2.45) is 0 Å². The van der Waals surface area contributed by atoms with Gasteiger partial charge < -0.3 is 10.1 Å². The molecule has 1 aromatic heterocycles. The summed E-state index contributed by atoms with van der Waals surface area (Å²) in [6.45, 7) is 12.3. The molecule has 0 amide bonds. The van der Waals surface area contributed by atoms with Crippen molar-refractivity contribution in [3.05, 3.63) is 10.6 Å². The Morgan fingerprint density at radius 3 is 2.56 bits per heavy atom. The van der Waals surface area contributed by atoms with E-state index in [9.17, 15) is 0 Å². The molecule has 1 atom stereocenters. The summed E-state index contributed by atoms with van der Waals surface area (Å²) in [6, 6.07) is 0.213. The van der Waals surface area contributed by atoms with E-state index in [4.69, 9.17) is 4.74 Å². The van der Waals surface area contributed by atoms with Gasteiger partial charge in [-0.3, -0.25) is 0 Å². The second-order valence-corrected chi connectivity index (χ2v) is 5.85. The minimum atomic E-state index is 0.213. The largest absolute Gasteiger partial charge is 0.377 e. The Labute approximate surface area is 114 Å². The Hall–Kier alpha value is -0.520. The lowest BCUT2D eigenvalue weighted by Gasteiger charge is -2.20. The first-order valence-electron chi connectivity index (χ1n) is 6.73. The molecule has 1 N–H and O–H groups in total. The number of nitrogens with zero attached hydrogens (tertiary/aromatic N) is 2. The predicted molar refractivity (Wildman–Crippen MR) is 76.1 cm³/mol. The van der Waals surface area contributed by atoms with Crippen molar-refractivity contribution in [1.29, 1.82) is 0 Å². The highest BCUT2D eigenvalue weighted by Crippen LogP contribution is 2.26. The molecule has 1 aromatic rings. The molecule has 0 radical (unpaired) electrons. The molecule has 0 aromatic carbocycles. The van der Waals surface area contributed by atoms with Gasteiger partial charge in [-0.25, -0.2) is 0 Å². The molecule has 0 spiro atoms. The van der Waals surface area contributed by atoms with E-state index >= 15 is 0 Å². The van der Waals surface area contributed by atoms with Crippen LogP contribution in [0, 0.1) is 0 Å². The van der Waals surface area contributed by atoms with E-state index in [2.05, 4.69) is 49.5 Å². The second kappa shape index (κ2) is 7.81. The quantitative estimate of drug-likeness (QED) is 0.789. The maximum Gasteiger partial charge on any atom is 0.0829 e. The van der Waals surface area contributed by atoms with Gasteiger partial charge in [0.15, 0.2) is 0 Å². The van der Waals surface area contributed by atoms with Crippen molar-refractivity contribution in [2.45, 2.75) is 59.1 Å². The molecule has 1 unspecified atom stereocenters. The topological polar surface area (TPSA) is 47.0 Å². The zero-order valence-electron chi connectivity index (χ0n) is 12.1. The molecule has 0 aliphatic heterocycles. The van der Waals surface area contributed by atoms with Gasteiger partial charge in [-0.15, -0.1) is 5.10 Å². The lowest BCUT2D eigenvalue weighted by molar-refractivity contribution is 0.0615. The monoisotopic (exact) mass is 271 g/mol. The first kappa shape index (κ1) is 15.5. The fourth-order valence-corrected chi connectivity index (χ4v) is 2.55. The third-order valence-electron chi connectivity index (χ3n) is 2.64. The summed E-state index contributed by atoms with van der Waals surface area (Å²) in [7, 11) is 0. The van der Waals surface area contributed by atoms with Gasteiger partial charge in [-0.2, -0.15) is 0 Å². The van der Waals surface area contributed by atoms with Crippen LogP contribution in [-0.4, -0.2) is 28.8 Å². The van der Waals surface area contributed by atoms with Gasteiger partial charge >= 0.3 is 0 Å². The van der Waals surface area contributed by atoms with E-state index < -0.39 is 0 Å². The first-order chi connectivity index (χ1) is 8.56. The van der Waals surface area contributed by atoms with Crippen molar-refractivity contribution in [3.8, 4) is 0 Å². The average Bonchev–Trinajstić information content (AvgIpc) is 2.78. The van der Waals surface area contributed by atoms with Crippen molar-refractivity contribution < 1.29 is 4.74 Å². The fraction of sp³-hybridized carbons (Fsp3) is 0.846. The van der Waals surface area contributed by atoms with Gasteiger partial charge in [0.05, 0.1) is 29.3 Å². The molecule has 0 aliphatic rings. The molecule has 0 aliphatic carbocycles. The molecule has 1 rings (SSSR count). The first-order valence-corrected chi connectivity index (χ1v) is 7.50. The summed E-state index contributed by atoms with van der Waals surface area (Å²) in [5, 5.41) is 7.77. The lowest BCUT2D eigenvalue weighted by atomic mass is 10.1. The normalized spacial score (nSPS) is 13.5. The van der Waals surface area contributed by atoms with E-state index in [0.717, 1.165) is 18.7 Å². The number of rotatable bonds is 8. The van der Waals surface area contributed by atoms with E-state index in [1.54, 1.807) is 0 Å². The molecular formula is C13H25N3OS. The Bertz CT molecular complexity index is 339. The standard InChI is InChI=1S/C13H25N3OS/c1-6-7-14-11(8-17-10(4)5)13-12(9(2)3)15-16-18-13/h9-11,14H,6-8H2,1-5H3. The van der Waals surface area contributed by atoms with Crippen molar-refractivity contribution >= 4 is 11.5 Å². The SMILES string of the molecule is CCCNC(COC(C)C)c1snnc1C(C)C. The number of ether oxygens (including phenoxy) is 1. The summed E-state index contributed by atoms with van der Waals surface area (Å²) in [6.07, 6.45) is 1.36. The molecular weight excluding hydrogens is 246 g/mol. The highest BCUT2D eigenvalue weighted by atomic mass is 32.1. The fourth-order valence-electron chi connectivity index (χ4n) is 1.68. The van der Waals surface area contributed by atoms with Gasteiger partial charge in [0.2, 0.25) is 0 Å². The van der Waals surface area contributed by atoms with E-state index in [1.165, 1.54) is 16.4 Å². The van der Waals surface area contributed by atoms with Gasteiger partial charge in [0.25, 0.3) is 0 Å². The molecule has 0 saturated carbocycles. The molecule has 0 bridgehead atoms. The van der Waals surface area contributed by atoms with Gasteiger partial charge in [0, 0.05) is 0 Å². The predicted octanol–water partition coefficient (Wildman–Crippen LogP) is 3.13. The van der Waals surface area contributed by atoms with Crippen LogP contribution in [0.25, 0.3) is 0 Å². The number of aromatic nitrogens is 2. The van der Waals surface area contributed by atoms with Crippen LogP contribution in [0.4, 0.5) is 0 Å². The van der Waals surface area contributed by atoms with E-state index in [-0.39, 0.29) is 12.1 Å². The second-order valence-electron chi connectivity index (χ2n) is 5.07. The summed E-state index contributed by atoms with van der Waals surface area (Å²) in [5.74, 6) is 0.406. The smallest absolute Gasteiger partial charge is 0.0829 e. The van der Waals surface area contributed by atoms with Gasteiger partial charge in [0.1, 0.15) is 0 Å². The minimum absolute atomic E-state index is 0.213. The van der Waals surface area contributed by atoms with Crippen LogP contribution in [0.1, 0.15) is 63.6 Å². The zero-order chi connectivity index (χ0) is 13.5. The van der Waals surface area contributed by atoms with Crippen LogP contribution in [0.3, 0.4) is 0 Å². The average molecular weight is 271 g/mol. The van der Waals surface area contributed by atoms with Crippen LogP contribution in [0.2, 0.25) is 0 Å². The summed E-state index contributed by atoms with van der Waals surface area (Å²) in [4.78, 5) is 1.22. The molecule has 18 heavy (non-hydrogen) atoms. The summed E-state index contributed by atoms with van der Waals surface area (Å²) >= 11 is 1.48. The van der Waals surface area contributed by atoms with Crippen molar-refractivity contribution in [2.75, 3.05) is 13.2 Å². The van der Waals surface area contributed by atoms with E-state index in [1.807, 2.05) is 0 Å². The number of nitrogens with one attached hydrogen (secondary N) is 1. The van der Waals surface area contributed by atoms with Crippen LogP contribution < -0.4 is 5.32 Å². The number of hydrogen-bond acceptors (Lipinski definition) is 5. The highest BCUT2D eigenvalue weighted by Gasteiger charge is 2.21. The Kier molecular flexibility index (Phi) is 6.75. The minimum Gasteiger partial charge on any atom is -0.377 e.